The van der Waals surface area contributed by atoms with E-state index in [1.165, 1.54) is 12.1 Å². The summed E-state index contributed by atoms with van der Waals surface area (Å²) in [5, 5.41) is 5.38. The summed E-state index contributed by atoms with van der Waals surface area (Å²) in [5.41, 5.74) is 5.55. The van der Waals surface area contributed by atoms with Gasteiger partial charge in [0.05, 0.1) is 5.69 Å². The van der Waals surface area contributed by atoms with Crippen LogP contribution in [0.4, 0.5) is 10.1 Å². The Balaban J connectivity index is 1.91. The van der Waals surface area contributed by atoms with Crippen molar-refractivity contribution in [2.75, 3.05) is 12.3 Å². The number of nitrogens with one attached hydrogen (secondary N) is 2. The lowest BCUT2D eigenvalue weighted by molar-refractivity contribution is -0.119. The highest BCUT2D eigenvalue weighted by atomic mass is 19.1. The second-order valence-corrected chi connectivity index (χ2v) is 4.25. The lowest BCUT2D eigenvalue weighted by atomic mass is 10.1. The quantitative estimate of drug-likeness (QED) is 0.680. The predicted octanol–water partition coefficient (Wildman–Crippen LogP) is 0.416. The number of amides is 2. The molecule has 1 aromatic carbocycles. The molecule has 0 saturated carbocycles. The molecule has 1 aromatic rings. The van der Waals surface area contributed by atoms with Gasteiger partial charge in [-0.1, -0.05) is 0 Å². The first-order valence-corrected chi connectivity index (χ1v) is 5.69. The predicted molar refractivity (Wildman–Crippen MR) is 64.3 cm³/mol. The van der Waals surface area contributed by atoms with E-state index < -0.39 is 5.82 Å². The van der Waals surface area contributed by atoms with Crippen LogP contribution in [-0.2, 0) is 4.79 Å². The van der Waals surface area contributed by atoms with E-state index in [4.69, 9.17) is 5.73 Å². The van der Waals surface area contributed by atoms with Crippen molar-refractivity contribution in [2.45, 2.75) is 18.9 Å². The molecular formula is C12H14FN3O2. The van der Waals surface area contributed by atoms with Crippen LogP contribution < -0.4 is 16.4 Å². The average Bonchev–Trinajstić information content (AvgIpc) is 2.75. The Kier molecular flexibility index (Phi) is 3.45. The molecule has 1 aliphatic rings. The Labute approximate surface area is 104 Å². The molecule has 5 nitrogen and oxygen atoms in total. The number of halogens is 1. The molecule has 96 valence electrons. The molecule has 0 radical (unpaired) electrons. The minimum Gasteiger partial charge on any atom is -0.396 e. The van der Waals surface area contributed by atoms with Gasteiger partial charge in [0.15, 0.2) is 0 Å². The molecule has 0 spiro atoms. The molecule has 1 unspecified atom stereocenters. The molecule has 1 aliphatic heterocycles. The Morgan fingerprint density at radius 2 is 2.33 bits per heavy atom. The fourth-order valence-electron chi connectivity index (χ4n) is 1.82. The number of nitrogens with two attached hydrogens (primary N) is 1. The van der Waals surface area contributed by atoms with Gasteiger partial charge in [-0.2, -0.15) is 0 Å². The van der Waals surface area contributed by atoms with Gasteiger partial charge >= 0.3 is 0 Å². The van der Waals surface area contributed by atoms with E-state index in [1.54, 1.807) is 0 Å². The Hall–Kier alpha value is -2.11. The highest BCUT2D eigenvalue weighted by Gasteiger charge is 2.21. The van der Waals surface area contributed by atoms with E-state index >= 15 is 0 Å². The zero-order valence-electron chi connectivity index (χ0n) is 9.70. The SMILES string of the molecule is Nc1ccc(C(=O)NCC2CCC(=O)N2)cc1F. The van der Waals surface area contributed by atoms with Crippen molar-refractivity contribution in [3.63, 3.8) is 0 Å². The average molecular weight is 251 g/mol. The Morgan fingerprint density at radius 3 is 2.94 bits per heavy atom. The number of hydrogen-bond donors (Lipinski definition) is 3. The van der Waals surface area contributed by atoms with E-state index in [0.717, 1.165) is 6.07 Å². The van der Waals surface area contributed by atoms with Crippen molar-refractivity contribution in [2.24, 2.45) is 0 Å². The van der Waals surface area contributed by atoms with Gasteiger partial charge in [0, 0.05) is 24.6 Å². The molecule has 2 rings (SSSR count). The molecule has 2 amide bonds. The van der Waals surface area contributed by atoms with Gasteiger partial charge in [-0.3, -0.25) is 9.59 Å². The van der Waals surface area contributed by atoms with Gasteiger partial charge in [-0.25, -0.2) is 4.39 Å². The van der Waals surface area contributed by atoms with Crippen LogP contribution in [0.3, 0.4) is 0 Å². The third-order valence-electron chi connectivity index (χ3n) is 2.86. The molecular weight excluding hydrogens is 237 g/mol. The van der Waals surface area contributed by atoms with Crippen molar-refractivity contribution in [3.05, 3.63) is 29.6 Å². The minimum atomic E-state index is -0.614. The topological polar surface area (TPSA) is 84.2 Å². The largest absolute Gasteiger partial charge is 0.396 e. The van der Waals surface area contributed by atoms with Crippen molar-refractivity contribution in [3.8, 4) is 0 Å². The van der Waals surface area contributed by atoms with E-state index in [9.17, 15) is 14.0 Å². The first-order chi connectivity index (χ1) is 8.56. The van der Waals surface area contributed by atoms with Gasteiger partial charge in [0.25, 0.3) is 5.91 Å². The molecule has 6 heteroatoms. The van der Waals surface area contributed by atoms with Crippen molar-refractivity contribution >= 4 is 17.5 Å². The summed E-state index contributed by atoms with van der Waals surface area (Å²) >= 11 is 0. The zero-order chi connectivity index (χ0) is 13.1. The van der Waals surface area contributed by atoms with Crippen LogP contribution in [0, 0.1) is 5.82 Å². The maximum atomic E-state index is 13.2. The normalized spacial score (nSPS) is 18.5. The van der Waals surface area contributed by atoms with Gasteiger partial charge in [0.2, 0.25) is 5.91 Å². The van der Waals surface area contributed by atoms with Gasteiger partial charge in [-0.15, -0.1) is 0 Å². The van der Waals surface area contributed by atoms with Crippen LogP contribution in [0.25, 0.3) is 0 Å². The molecule has 0 aliphatic carbocycles. The van der Waals surface area contributed by atoms with Crippen LogP contribution in [-0.4, -0.2) is 24.4 Å². The molecule has 4 N–H and O–H groups in total. The number of hydrogen-bond acceptors (Lipinski definition) is 3. The Morgan fingerprint density at radius 1 is 1.56 bits per heavy atom. The molecule has 0 bridgehead atoms. The number of carbonyl (C=O) groups excluding carboxylic acids is 2. The molecule has 1 fully saturated rings. The Bertz CT molecular complexity index is 490. The highest BCUT2D eigenvalue weighted by Crippen LogP contribution is 2.12. The smallest absolute Gasteiger partial charge is 0.251 e. The number of nitrogen functional groups attached to an aromatic ring is 1. The first-order valence-electron chi connectivity index (χ1n) is 5.69. The summed E-state index contributed by atoms with van der Waals surface area (Å²) in [4.78, 5) is 22.7. The molecule has 1 atom stereocenters. The van der Waals surface area contributed by atoms with Crippen LogP contribution in [0.2, 0.25) is 0 Å². The summed E-state index contributed by atoms with van der Waals surface area (Å²) in [6, 6.07) is 3.86. The lowest BCUT2D eigenvalue weighted by Gasteiger charge is -2.11. The first kappa shape index (κ1) is 12.3. The van der Waals surface area contributed by atoms with E-state index in [1.807, 2.05) is 0 Å². The summed E-state index contributed by atoms with van der Waals surface area (Å²) in [5.74, 6) is -1.00. The maximum absolute atomic E-state index is 13.2. The lowest BCUT2D eigenvalue weighted by Crippen LogP contribution is -2.38. The number of rotatable bonds is 3. The van der Waals surface area contributed by atoms with Crippen LogP contribution in [0.15, 0.2) is 18.2 Å². The van der Waals surface area contributed by atoms with Crippen LogP contribution in [0.1, 0.15) is 23.2 Å². The van der Waals surface area contributed by atoms with Gasteiger partial charge in [0.1, 0.15) is 5.82 Å². The number of carbonyl (C=O) groups is 2. The van der Waals surface area contributed by atoms with E-state index in [0.29, 0.717) is 19.4 Å². The monoisotopic (exact) mass is 251 g/mol. The summed E-state index contributed by atoms with van der Waals surface area (Å²) in [6.45, 7) is 0.344. The fraction of sp³-hybridized carbons (Fsp3) is 0.333. The molecule has 0 aromatic heterocycles. The summed E-state index contributed by atoms with van der Waals surface area (Å²) in [6.07, 6.45) is 1.19. The molecule has 1 heterocycles. The van der Waals surface area contributed by atoms with Crippen molar-refractivity contribution in [1.29, 1.82) is 0 Å². The van der Waals surface area contributed by atoms with Gasteiger partial charge in [-0.05, 0) is 24.6 Å². The summed E-state index contributed by atoms with van der Waals surface area (Å²) in [7, 11) is 0. The standard InChI is InChI=1S/C12H14FN3O2/c13-9-5-7(1-3-10(9)14)12(18)15-6-8-2-4-11(17)16-8/h1,3,5,8H,2,4,6,14H2,(H,15,18)(H,16,17). The second kappa shape index (κ2) is 5.03. The van der Waals surface area contributed by atoms with Crippen molar-refractivity contribution in [1.82, 2.24) is 10.6 Å². The van der Waals surface area contributed by atoms with Crippen LogP contribution >= 0.6 is 0 Å². The van der Waals surface area contributed by atoms with E-state index in [2.05, 4.69) is 10.6 Å². The van der Waals surface area contributed by atoms with Crippen molar-refractivity contribution < 1.29 is 14.0 Å². The highest BCUT2D eigenvalue weighted by molar-refractivity contribution is 5.94. The molecule has 1 saturated heterocycles. The number of anilines is 1. The number of benzene rings is 1. The maximum Gasteiger partial charge on any atom is 0.251 e. The fourth-order valence-corrected chi connectivity index (χ4v) is 1.82. The minimum absolute atomic E-state index is 0.00669. The summed E-state index contributed by atoms with van der Waals surface area (Å²) < 4.78 is 13.2. The van der Waals surface area contributed by atoms with Crippen LogP contribution in [0.5, 0.6) is 0 Å². The van der Waals surface area contributed by atoms with E-state index in [-0.39, 0.29) is 29.1 Å². The third-order valence-corrected chi connectivity index (χ3v) is 2.86. The zero-order valence-corrected chi connectivity index (χ0v) is 9.70. The second-order valence-electron chi connectivity index (χ2n) is 4.25. The third kappa shape index (κ3) is 2.77. The molecule has 18 heavy (non-hydrogen) atoms. The van der Waals surface area contributed by atoms with Gasteiger partial charge < -0.3 is 16.4 Å².